The first-order valence-electron chi connectivity index (χ1n) is 8.04. The number of hydrogen-bond donors (Lipinski definition) is 2. The van der Waals surface area contributed by atoms with E-state index < -0.39 is 0 Å². The van der Waals surface area contributed by atoms with Crippen molar-refractivity contribution in [3.63, 3.8) is 0 Å². The number of benzene rings is 1. The molecule has 1 aliphatic rings. The Morgan fingerprint density at radius 1 is 1.33 bits per heavy atom. The highest BCUT2D eigenvalue weighted by molar-refractivity contribution is 5.94. The van der Waals surface area contributed by atoms with Crippen molar-refractivity contribution in [3.05, 3.63) is 29.8 Å². The number of amides is 1. The third-order valence-corrected chi connectivity index (χ3v) is 3.77. The topological polar surface area (TPSA) is 50.4 Å². The van der Waals surface area contributed by atoms with E-state index in [0.29, 0.717) is 5.56 Å². The second-order valence-corrected chi connectivity index (χ2v) is 5.60. The molecule has 1 fully saturated rings. The van der Waals surface area contributed by atoms with E-state index in [9.17, 15) is 4.79 Å². The van der Waals surface area contributed by atoms with Gasteiger partial charge in [-0.1, -0.05) is 19.8 Å². The van der Waals surface area contributed by atoms with Gasteiger partial charge >= 0.3 is 0 Å². The summed E-state index contributed by atoms with van der Waals surface area (Å²) in [6.07, 6.45) is 5.59. The lowest BCUT2D eigenvalue weighted by Crippen LogP contribution is -2.40. The SMILES string of the molecule is CCCCOc1ccc(C(=O)NC2CCCCNC2)cc1. The molecule has 1 aromatic rings. The smallest absolute Gasteiger partial charge is 0.251 e. The van der Waals surface area contributed by atoms with Gasteiger partial charge in [0.2, 0.25) is 0 Å². The van der Waals surface area contributed by atoms with Gasteiger partial charge in [-0.2, -0.15) is 0 Å². The molecule has 1 saturated heterocycles. The van der Waals surface area contributed by atoms with Crippen LogP contribution in [-0.4, -0.2) is 31.6 Å². The van der Waals surface area contributed by atoms with Crippen LogP contribution >= 0.6 is 0 Å². The molecule has 1 aliphatic heterocycles. The highest BCUT2D eigenvalue weighted by Gasteiger charge is 2.15. The predicted molar refractivity (Wildman–Crippen MR) is 84.8 cm³/mol. The average Bonchev–Trinajstić information content (AvgIpc) is 2.77. The molecule has 0 aliphatic carbocycles. The number of ether oxygens (including phenoxy) is 1. The number of unbranched alkanes of at least 4 members (excludes halogenated alkanes) is 1. The lowest BCUT2D eigenvalue weighted by molar-refractivity contribution is 0.0935. The maximum absolute atomic E-state index is 12.2. The van der Waals surface area contributed by atoms with Gasteiger partial charge < -0.3 is 15.4 Å². The van der Waals surface area contributed by atoms with Crippen molar-refractivity contribution in [2.45, 2.75) is 45.1 Å². The van der Waals surface area contributed by atoms with Crippen LogP contribution in [-0.2, 0) is 0 Å². The molecule has 1 aromatic carbocycles. The Balaban J connectivity index is 1.84. The fourth-order valence-electron chi connectivity index (χ4n) is 2.45. The molecule has 0 saturated carbocycles. The molecule has 21 heavy (non-hydrogen) atoms. The molecule has 4 nitrogen and oxygen atoms in total. The minimum atomic E-state index is 0.00353. The molecule has 1 amide bonds. The summed E-state index contributed by atoms with van der Waals surface area (Å²) >= 11 is 0. The summed E-state index contributed by atoms with van der Waals surface area (Å²) in [4.78, 5) is 12.2. The molecule has 0 aromatic heterocycles. The molecule has 1 heterocycles. The Bertz CT molecular complexity index is 423. The van der Waals surface area contributed by atoms with Gasteiger partial charge in [-0.05, 0) is 50.1 Å². The average molecular weight is 290 g/mol. The fraction of sp³-hybridized carbons (Fsp3) is 0.588. The van der Waals surface area contributed by atoms with Crippen LogP contribution in [0.15, 0.2) is 24.3 Å². The maximum Gasteiger partial charge on any atom is 0.251 e. The molecule has 0 spiro atoms. The number of nitrogens with one attached hydrogen (secondary N) is 2. The van der Waals surface area contributed by atoms with E-state index in [-0.39, 0.29) is 11.9 Å². The van der Waals surface area contributed by atoms with Crippen LogP contribution in [0.25, 0.3) is 0 Å². The summed E-state index contributed by atoms with van der Waals surface area (Å²) in [6, 6.07) is 7.65. The van der Waals surface area contributed by atoms with Gasteiger partial charge in [-0.3, -0.25) is 4.79 Å². The van der Waals surface area contributed by atoms with Gasteiger partial charge in [-0.25, -0.2) is 0 Å². The number of hydrogen-bond acceptors (Lipinski definition) is 3. The van der Waals surface area contributed by atoms with Crippen molar-refractivity contribution in [2.24, 2.45) is 0 Å². The zero-order chi connectivity index (χ0) is 14.9. The fourth-order valence-corrected chi connectivity index (χ4v) is 2.45. The number of carbonyl (C=O) groups excluding carboxylic acids is 1. The van der Waals surface area contributed by atoms with E-state index in [2.05, 4.69) is 17.6 Å². The molecule has 2 N–H and O–H groups in total. The summed E-state index contributed by atoms with van der Waals surface area (Å²) in [5.74, 6) is 0.833. The summed E-state index contributed by atoms with van der Waals surface area (Å²) in [5, 5.41) is 6.46. The van der Waals surface area contributed by atoms with Gasteiger partial charge in [0.05, 0.1) is 6.61 Å². The van der Waals surface area contributed by atoms with Crippen molar-refractivity contribution in [1.82, 2.24) is 10.6 Å². The normalized spacial score (nSPS) is 18.8. The Hall–Kier alpha value is -1.55. The second-order valence-electron chi connectivity index (χ2n) is 5.60. The predicted octanol–water partition coefficient (Wildman–Crippen LogP) is 2.74. The summed E-state index contributed by atoms with van der Waals surface area (Å²) in [7, 11) is 0. The molecule has 0 radical (unpaired) electrons. The molecule has 2 rings (SSSR count). The van der Waals surface area contributed by atoms with Crippen molar-refractivity contribution in [1.29, 1.82) is 0 Å². The highest BCUT2D eigenvalue weighted by atomic mass is 16.5. The largest absolute Gasteiger partial charge is 0.494 e. The maximum atomic E-state index is 12.2. The van der Waals surface area contributed by atoms with E-state index in [1.54, 1.807) is 0 Å². The highest BCUT2D eigenvalue weighted by Crippen LogP contribution is 2.13. The second kappa shape index (κ2) is 8.67. The van der Waals surface area contributed by atoms with Crippen LogP contribution < -0.4 is 15.4 Å². The summed E-state index contributed by atoms with van der Waals surface area (Å²) in [5.41, 5.74) is 0.696. The van der Waals surface area contributed by atoms with Crippen molar-refractivity contribution >= 4 is 5.91 Å². The molecular weight excluding hydrogens is 264 g/mol. The minimum absolute atomic E-state index is 0.00353. The lowest BCUT2D eigenvalue weighted by Gasteiger charge is -2.16. The molecule has 116 valence electrons. The van der Waals surface area contributed by atoms with Crippen LogP contribution in [0.5, 0.6) is 5.75 Å². The third-order valence-electron chi connectivity index (χ3n) is 3.77. The molecular formula is C17H26N2O2. The third kappa shape index (κ3) is 5.38. The quantitative estimate of drug-likeness (QED) is 0.792. The van der Waals surface area contributed by atoms with Gasteiger partial charge in [-0.15, -0.1) is 0 Å². The van der Waals surface area contributed by atoms with Gasteiger partial charge in [0.15, 0.2) is 0 Å². The lowest BCUT2D eigenvalue weighted by atomic mass is 10.1. The van der Waals surface area contributed by atoms with Crippen molar-refractivity contribution in [2.75, 3.05) is 19.7 Å². The van der Waals surface area contributed by atoms with Gasteiger partial charge in [0.25, 0.3) is 5.91 Å². The van der Waals surface area contributed by atoms with E-state index in [1.807, 2.05) is 24.3 Å². The summed E-state index contributed by atoms with van der Waals surface area (Å²) in [6.45, 7) is 4.79. The van der Waals surface area contributed by atoms with E-state index in [1.165, 1.54) is 12.8 Å². The molecule has 1 atom stereocenters. The number of rotatable bonds is 6. The van der Waals surface area contributed by atoms with E-state index in [0.717, 1.165) is 44.7 Å². The molecule has 0 bridgehead atoms. The first kappa shape index (κ1) is 15.8. The van der Waals surface area contributed by atoms with Crippen molar-refractivity contribution in [3.8, 4) is 5.75 Å². The van der Waals surface area contributed by atoms with Crippen LogP contribution in [0.1, 0.15) is 49.4 Å². The zero-order valence-corrected chi connectivity index (χ0v) is 12.9. The minimum Gasteiger partial charge on any atom is -0.494 e. The summed E-state index contributed by atoms with van der Waals surface area (Å²) < 4.78 is 5.61. The molecule has 1 unspecified atom stereocenters. The Morgan fingerprint density at radius 2 is 2.14 bits per heavy atom. The Morgan fingerprint density at radius 3 is 2.90 bits per heavy atom. The van der Waals surface area contributed by atoms with Gasteiger partial charge in [0.1, 0.15) is 5.75 Å². The number of carbonyl (C=O) groups is 1. The Labute approximate surface area is 127 Å². The zero-order valence-electron chi connectivity index (χ0n) is 12.9. The van der Waals surface area contributed by atoms with E-state index in [4.69, 9.17) is 4.74 Å². The Kier molecular flexibility index (Phi) is 6.54. The van der Waals surface area contributed by atoms with E-state index >= 15 is 0 Å². The van der Waals surface area contributed by atoms with Crippen LogP contribution in [0.4, 0.5) is 0 Å². The van der Waals surface area contributed by atoms with Gasteiger partial charge in [0, 0.05) is 18.2 Å². The van der Waals surface area contributed by atoms with Crippen LogP contribution in [0, 0.1) is 0 Å². The van der Waals surface area contributed by atoms with Crippen molar-refractivity contribution < 1.29 is 9.53 Å². The first-order chi connectivity index (χ1) is 10.3. The molecule has 4 heteroatoms. The van der Waals surface area contributed by atoms with Crippen LogP contribution in [0.2, 0.25) is 0 Å². The standard InChI is InChI=1S/C17H26N2O2/c1-2-3-12-21-16-9-7-14(8-10-16)17(20)19-15-6-4-5-11-18-13-15/h7-10,15,18H,2-6,11-13H2,1H3,(H,19,20). The first-order valence-corrected chi connectivity index (χ1v) is 8.04. The monoisotopic (exact) mass is 290 g/mol. The van der Waals surface area contributed by atoms with Crippen LogP contribution in [0.3, 0.4) is 0 Å².